The SMILES string of the molecule is O=C1[C@@H]2[C@@H](CC(CO)=C([C@H](O)CC/C(=C/c3ccc(O)c4ccccc34)c3ccccn3)[C@@H]2CO)C(=O)N1Cc1cccs1. The predicted molar refractivity (Wildman–Crippen MR) is 169 cm³/mol. The summed E-state index contributed by atoms with van der Waals surface area (Å²) in [5, 5.41) is 46.4. The number of phenolic OH excluding ortho intramolecular Hbond substituents is 1. The van der Waals surface area contributed by atoms with Crippen LogP contribution in [0.25, 0.3) is 22.4 Å². The van der Waals surface area contributed by atoms with E-state index in [1.807, 2.05) is 72.1 Å². The zero-order valence-corrected chi connectivity index (χ0v) is 24.9. The van der Waals surface area contributed by atoms with Crippen LogP contribution >= 0.6 is 11.3 Å². The lowest BCUT2D eigenvalue weighted by Gasteiger charge is -2.36. The summed E-state index contributed by atoms with van der Waals surface area (Å²) < 4.78 is 0. The van der Waals surface area contributed by atoms with E-state index in [9.17, 15) is 30.0 Å². The van der Waals surface area contributed by atoms with Crippen molar-refractivity contribution in [2.24, 2.45) is 17.8 Å². The first-order valence-electron chi connectivity index (χ1n) is 14.7. The lowest BCUT2D eigenvalue weighted by molar-refractivity contribution is -0.140. The van der Waals surface area contributed by atoms with Gasteiger partial charge in [0.25, 0.3) is 0 Å². The molecule has 0 spiro atoms. The third-order valence-electron chi connectivity index (χ3n) is 8.86. The molecule has 226 valence electrons. The van der Waals surface area contributed by atoms with Crippen LogP contribution in [0.15, 0.2) is 89.5 Å². The number of nitrogens with zero attached hydrogens (tertiary/aromatic N) is 2. The Morgan fingerprint density at radius 3 is 2.50 bits per heavy atom. The number of rotatable bonds is 10. The predicted octanol–water partition coefficient (Wildman–Crippen LogP) is 4.79. The number of phenols is 1. The van der Waals surface area contributed by atoms with Gasteiger partial charge in [0.05, 0.1) is 43.4 Å². The van der Waals surface area contributed by atoms with Crippen LogP contribution in [0.1, 0.15) is 35.4 Å². The molecule has 0 saturated carbocycles. The standard InChI is InChI=1S/C35H34N2O6S/c38-19-23-17-27-33(35(43)37(34(27)42)18-24-6-5-15-44-24)28(20-39)32(23)31(41)13-11-22(29-9-3-4-14-36-29)16-21-10-12-30(40)26-8-2-1-7-25(21)26/h1-10,12,14-16,27-28,31,33,38-41H,11,13,17-20H2/b22-16-/t27-,28+,31-,33-/m1/s1. The number of fused-ring (bicyclic) bond motifs is 2. The van der Waals surface area contributed by atoms with E-state index in [0.717, 1.165) is 32.5 Å². The number of benzene rings is 2. The van der Waals surface area contributed by atoms with Crippen molar-refractivity contribution in [3.05, 3.63) is 106 Å². The van der Waals surface area contributed by atoms with Gasteiger partial charge < -0.3 is 20.4 Å². The number of carbonyl (C=O) groups excluding carboxylic acids is 2. The minimum absolute atomic E-state index is 0.165. The molecule has 1 aliphatic heterocycles. The smallest absolute Gasteiger partial charge is 0.234 e. The molecule has 0 bridgehead atoms. The third-order valence-corrected chi connectivity index (χ3v) is 9.72. The summed E-state index contributed by atoms with van der Waals surface area (Å²) in [5.74, 6) is -2.70. The summed E-state index contributed by atoms with van der Waals surface area (Å²) in [4.78, 5) is 33.7. The molecule has 1 saturated heterocycles. The fourth-order valence-electron chi connectivity index (χ4n) is 6.78. The number of thiophene rings is 1. The molecule has 2 aromatic heterocycles. The average Bonchev–Trinajstić information content (AvgIpc) is 3.66. The summed E-state index contributed by atoms with van der Waals surface area (Å²) in [6.45, 7) is -0.622. The van der Waals surface area contributed by atoms with Gasteiger partial charge in [-0.15, -0.1) is 11.3 Å². The molecule has 3 heterocycles. The number of hydrogen-bond acceptors (Lipinski definition) is 8. The lowest BCUT2D eigenvalue weighted by Crippen LogP contribution is -2.39. The Kier molecular flexibility index (Phi) is 8.72. The largest absolute Gasteiger partial charge is 0.507 e. The Hall–Kier alpha value is -4.15. The monoisotopic (exact) mass is 610 g/mol. The normalized spacial score (nSPS) is 21.3. The van der Waals surface area contributed by atoms with E-state index in [2.05, 4.69) is 4.98 Å². The van der Waals surface area contributed by atoms with Gasteiger partial charge in [-0.25, -0.2) is 0 Å². The van der Waals surface area contributed by atoms with Crippen LogP contribution in [0, 0.1) is 17.8 Å². The van der Waals surface area contributed by atoms with Crippen LogP contribution < -0.4 is 0 Å². The van der Waals surface area contributed by atoms with E-state index in [1.54, 1.807) is 12.3 Å². The van der Waals surface area contributed by atoms with E-state index in [1.165, 1.54) is 16.2 Å². The van der Waals surface area contributed by atoms with Gasteiger partial charge in [-0.2, -0.15) is 0 Å². The summed E-state index contributed by atoms with van der Waals surface area (Å²) in [6.07, 6.45) is 3.45. The Labute approximate surface area is 259 Å². The molecular weight excluding hydrogens is 576 g/mol. The lowest BCUT2D eigenvalue weighted by atomic mass is 9.68. The van der Waals surface area contributed by atoms with Crippen LogP contribution in [0.5, 0.6) is 5.75 Å². The molecule has 0 unspecified atom stereocenters. The summed E-state index contributed by atoms with van der Waals surface area (Å²) >= 11 is 1.46. The Balaban J connectivity index is 1.29. The van der Waals surface area contributed by atoms with Crippen LogP contribution in [0.4, 0.5) is 0 Å². The topological polar surface area (TPSA) is 131 Å². The molecule has 44 heavy (non-hydrogen) atoms. The number of allylic oxidation sites excluding steroid dienone is 1. The third kappa shape index (κ3) is 5.59. The maximum absolute atomic E-state index is 13.6. The van der Waals surface area contributed by atoms with E-state index >= 15 is 0 Å². The van der Waals surface area contributed by atoms with Crippen molar-refractivity contribution in [3.8, 4) is 5.75 Å². The molecule has 4 N–H and O–H groups in total. The number of hydrogen-bond donors (Lipinski definition) is 4. The van der Waals surface area contributed by atoms with Gasteiger partial charge in [-0.1, -0.05) is 42.5 Å². The zero-order valence-electron chi connectivity index (χ0n) is 24.0. The van der Waals surface area contributed by atoms with Crippen molar-refractivity contribution in [2.45, 2.75) is 31.9 Å². The minimum atomic E-state index is -1.06. The highest BCUT2D eigenvalue weighted by molar-refractivity contribution is 7.09. The van der Waals surface area contributed by atoms with Gasteiger partial charge in [0.2, 0.25) is 11.8 Å². The van der Waals surface area contributed by atoms with Crippen LogP contribution in [0.2, 0.25) is 0 Å². The summed E-state index contributed by atoms with van der Waals surface area (Å²) in [7, 11) is 0. The van der Waals surface area contributed by atoms with E-state index in [0.29, 0.717) is 17.6 Å². The van der Waals surface area contributed by atoms with Gasteiger partial charge in [-0.3, -0.25) is 19.5 Å². The first-order valence-corrected chi connectivity index (χ1v) is 15.6. The summed E-state index contributed by atoms with van der Waals surface area (Å²) in [6, 6.07) is 20.4. The van der Waals surface area contributed by atoms with Gasteiger partial charge in [0.1, 0.15) is 5.75 Å². The maximum Gasteiger partial charge on any atom is 0.234 e. The Morgan fingerprint density at radius 1 is 1.00 bits per heavy atom. The number of aromatic hydroxyl groups is 1. The number of carbonyl (C=O) groups is 2. The quantitative estimate of drug-likeness (QED) is 0.150. The molecule has 0 radical (unpaired) electrons. The van der Waals surface area contributed by atoms with Crippen molar-refractivity contribution < 1.29 is 30.0 Å². The van der Waals surface area contributed by atoms with Crippen molar-refractivity contribution in [3.63, 3.8) is 0 Å². The highest BCUT2D eigenvalue weighted by Gasteiger charge is 2.54. The molecule has 1 fully saturated rings. The second kappa shape index (κ2) is 12.8. The van der Waals surface area contributed by atoms with E-state index < -0.39 is 30.5 Å². The van der Waals surface area contributed by atoms with E-state index in [-0.39, 0.29) is 43.6 Å². The molecule has 8 nitrogen and oxygen atoms in total. The Morgan fingerprint density at radius 2 is 1.80 bits per heavy atom. The first-order chi connectivity index (χ1) is 21.4. The van der Waals surface area contributed by atoms with Crippen LogP contribution in [-0.4, -0.2) is 61.4 Å². The average molecular weight is 611 g/mol. The fraction of sp³-hybridized carbons (Fsp3) is 0.286. The molecule has 1 aliphatic carbocycles. The first kappa shape index (κ1) is 29.9. The number of pyridine rings is 1. The van der Waals surface area contributed by atoms with Gasteiger partial charge in [-0.05, 0) is 82.7 Å². The molecular formula is C35H34N2O6S. The Bertz CT molecular complexity index is 1730. The summed E-state index contributed by atoms with van der Waals surface area (Å²) in [5.41, 5.74) is 3.43. The number of aromatic nitrogens is 1. The highest BCUT2D eigenvalue weighted by atomic mass is 32.1. The number of imide groups is 1. The van der Waals surface area contributed by atoms with E-state index in [4.69, 9.17) is 0 Å². The number of aliphatic hydroxyl groups is 3. The van der Waals surface area contributed by atoms with Gasteiger partial charge >= 0.3 is 0 Å². The van der Waals surface area contributed by atoms with Gasteiger partial charge in [0, 0.05) is 22.4 Å². The second-order valence-electron chi connectivity index (χ2n) is 11.3. The molecule has 2 aromatic carbocycles. The molecule has 6 rings (SSSR count). The molecule has 4 aromatic rings. The minimum Gasteiger partial charge on any atom is -0.507 e. The number of amides is 2. The number of aliphatic hydroxyl groups excluding tert-OH is 3. The van der Waals surface area contributed by atoms with Gasteiger partial charge in [0.15, 0.2) is 0 Å². The maximum atomic E-state index is 13.6. The highest BCUT2D eigenvalue weighted by Crippen LogP contribution is 2.46. The van der Waals surface area contributed by atoms with Crippen LogP contribution in [-0.2, 0) is 16.1 Å². The second-order valence-corrected chi connectivity index (χ2v) is 12.4. The molecule has 4 atom stereocenters. The van der Waals surface area contributed by atoms with Crippen molar-refractivity contribution >= 4 is 45.6 Å². The fourth-order valence-corrected chi connectivity index (χ4v) is 7.47. The van der Waals surface area contributed by atoms with Crippen LogP contribution in [0.3, 0.4) is 0 Å². The molecule has 9 heteroatoms. The van der Waals surface area contributed by atoms with Crippen molar-refractivity contribution in [1.29, 1.82) is 0 Å². The van der Waals surface area contributed by atoms with Crippen molar-refractivity contribution in [2.75, 3.05) is 13.2 Å². The number of likely N-dealkylation sites (tertiary alicyclic amines) is 1. The van der Waals surface area contributed by atoms with Crippen molar-refractivity contribution in [1.82, 2.24) is 9.88 Å². The molecule has 2 aliphatic rings. The zero-order chi connectivity index (χ0) is 30.8. The molecule has 2 amide bonds.